The van der Waals surface area contributed by atoms with Crippen LogP contribution in [0, 0.1) is 6.92 Å². The highest BCUT2D eigenvalue weighted by molar-refractivity contribution is 5.94. The maximum atomic E-state index is 13.3. The first-order chi connectivity index (χ1) is 31.4. The molecule has 0 heterocycles. The van der Waals surface area contributed by atoms with Gasteiger partial charge in [0.05, 0.1) is 32.7 Å². The highest BCUT2D eigenvalue weighted by atomic mass is 16.7. The summed E-state index contributed by atoms with van der Waals surface area (Å²) >= 11 is 0. The van der Waals surface area contributed by atoms with E-state index in [1.54, 1.807) is 23.1 Å². The van der Waals surface area contributed by atoms with Gasteiger partial charge in [0.15, 0.2) is 0 Å². The minimum Gasteiger partial charge on any atom is -0.480 e. The zero-order chi connectivity index (χ0) is 49.3. The summed E-state index contributed by atoms with van der Waals surface area (Å²) in [6.45, 7) is 0.420. The Hall–Kier alpha value is -6.33. The van der Waals surface area contributed by atoms with E-state index in [4.69, 9.17) is 4.84 Å². The van der Waals surface area contributed by atoms with Gasteiger partial charge < -0.3 is 50.6 Å². The molecule has 0 aliphatic carbocycles. The lowest BCUT2D eigenvalue weighted by Crippen LogP contribution is -2.48. The molecule has 0 spiro atoms. The fraction of sp³-hybridized carbons (Fsp3) is 0.605. The molecule has 0 bridgehead atoms. The van der Waals surface area contributed by atoms with Gasteiger partial charge in [-0.3, -0.25) is 53.1 Å². The van der Waals surface area contributed by atoms with Gasteiger partial charge in [0.25, 0.3) is 11.8 Å². The number of carbonyl (C=O) groups excluding carboxylic acids is 8. The summed E-state index contributed by atoms with van der Waals surface area (Å²) in [5.74, 6) is -6.44. The van der Waals surface area contributed by atoms with E-state index in [-0.39, 0.29) is 96.4 Å². The number of unbranched alkanes of at least 4 members (excludes halogenated alkanes) is 3. The third-order valence-corrected chi connectivity index (χ3v) is 9.69. The van der Waals surface area contributed by atoms with Crippen molar-refractivity contribution in [1.29, 1.82) is 0 Å². The van der Waals surface area contributed by atoms with Crippen LogP contribution in [-0.2, 0) is 52.8 Å². The molecule has 0 aliphatic heterocycles. The molecular formula is C43H66N8O15. The SMILES string of the molecule is Cc1cccc(C(=O)NCCCCN(CC(=O)O)C(=O)CN(CCN(CC=O)CCN(CC(=O)O)CC(=O)NCCCCNC(=O)CCCCC(=O)ON(C)C(=O)CCC=O)CC(=O)O)c1. The van der Waals surface area contributed by atoms with Crippen LogP contribution in [0.3, 0.4) is 0 Å². The topological polar surface area (TPSA) is 310 Å². The number of benzene rings is 1. The Morgan fingerprint density at radius 2 is 1.15 bits per heavy atom. The van der Waals surface area contributed by atoms with Crippen LogP contribution in [0.4, 0.5) is 0 Å². The summed E-state index contributed by atoms with van der Waals surface area (Å²) in [6.07, 6.45) is 3.88. The van der Waals surface area contributed by atoms with Gasteiger partial charge in [-0.15, -0.1) is 0 Å². The van der Waals surface area contributed by atoms with E-state index in [2.05, 4.69) is 16.0 Å². The van der Waals surface area contributed by atoms with Crippen molar-refractivity contribution in [3.8, 4) is 0 Å². The van der Waals surface area contributed by atoms with Crippen LogP contribution < -0.4 is 16.0 Å². The van der Waals surface area contributed by atoms with Crippen LogP contribution in [-0.4, -0.2) is 205 Å². The molecule has 23 nitrogen and oxygen atoms in total. The molecule has 0 saturated heterocycles. The Bertz CT molecular complexity index is 1760. The first-order valence-electron chi connectivity index (χ1n) is 21.8. The van der Waals surface area contributed by atoms with E-state index in [0.29, 0.717) is 63.2 Å². The van der Waals surface area contributed by atoms with Crippen LogP contribution in [0.1, 0.15) is 80.1 Å². The molecule has 368 valence electrons. The summed E-state index contributed by atoms with van der Waals surface area (Å²) in [5.41, 5.74) is 1.42. The van der Waals surface area contributed by atoms with Gasteiger partial charge in [-0.25, -0.2) is 4.79 Å². The number of hydrogen-bond donors (Lipinski definition) is 6. The van der Waals surface area contributed by atoms with Crippen molar-refractivity contribution in [2.75, 3.05) is 98.7 Å². The predicted molar refractivity (Wildman–Crippen MR) is 235 cm³/mol. The molecule has 1 aromatic carbocycles. The van der Waals surface area contributed by atoms with E-state index in [9.17, 15) is 68.1 Å². The summed E-state index contributed by atoms with van der Waals surface area (Å²) in [7, 11) is 1.28. The average Bonchev–Trinajstić information content (AvgIpc) is 3.24. The van der Waals surface area contributed by atoms with Crippen molar-refractivity contribution >= 4 is 66.0 Å². The van der Waals surface area contributed by atoms with Gasteiger partial charge in [-0.2, -0.15) is 5.06 Å². The molecule has 5 amide bonds. The summed E-state index contributed by atoms with van der Waals surface area (Å²) < 4.78 is 0. The van der Waals surface area contributed by atoms with Gasteiger partial charge in [0, 0.05) is 90.7 Å². The molecule has 6 N–H and O–H groups in total. The zero-order valence-corrected chi connectivity index (χ0v) is 37.9. The number of aryl methyl sites for hydroxylation is 1. The highest BCUT2D eigenvalue weighted by Gasteiger charge is 2.23. The second kappa shape index (κ2) is 34.1. The molecule has 1 rings (SSSR count). The van der Waals surface area contributed by atoms with Crippen molar-refractivity contribution in [3.05, 3.63) is 35.4 Å². The van der Waals surface area contributed by atoms with E-state index < -0.39 is 67.8 Å². The molecule has 0 atom stereocenters. The van der Waals surface area contributed by atoms with E-state index in [1.807, 2.05) is 13.0 Å². The lowest BCUT2D eigenvalue weighted by Gasteiger charge is -2.29. The summed E-state index contributed by atoms with van der Waals surface area (Å²) in [5, 5.41) is 37.5. The molecule has 23 heteroatoms. The Morgan fingerprint density at radius 1 is 0.591 bits per heavy atom. The highest BCUT2D eigenvalue weighted by Crippen LogP contribution is 2.06. The molecule has 0 unspecified atom stereocenters. The Kier molecular flexibility index (Phi) is 29.8. The molecule has 0 fully saturated rings. The van der Waals surface area contributed by atoms with Crippen molar-refractivity contribution in [2.45, 2.75) is 71.1 Å². The fourth-order valence-electron chi connectivity index (χ4n) is 6.24. The normalized spacial score (nSPS) is 10.9. The molecule has 66 heavy (non-hydrogen) atoms. The standard InChI is InChI=1S/C43H66N8O15/c1-33-11-9-12-34(27-33)43(65)46-18-7-8-19-51(32-41(62)63)38(57)29-50(31-40(60)61)23-21-48(24-26-53)20-22-49(30-39(58)59)28-36(55)45-17-6-5-16-44-35(54)13-3-4-15-42(64)66-47(2)37(56)14-10-25-52/h9,11-12,25-27H,3-8,10,13-24,28-32H2,1-2H3,(H,44,54)(H,45,55)(H,46,65)(H,58,59)(H,60,61)(H,62,63). The quantitative estimate of drug-likeness (QED) is 0.0269. The second-order valence-corrected chi connectivity index (χ2v) is 15.4. The smallest absolute Gasteiger partial charge is 0.332 e. The molecule has 0 aliphatic rings. The van der Waals surface area contributed by atoms with Crippen LogP contribution in [0.15, 0.2) is 24.3 Å². The van der Waals surface area contributed by atoms with Crippen LogP contribution in [0.25, 0.3) is 0 Å². The molecule has 0 radical (unpaired) electrons. The first-order valence-corrected chi connectivity index (χ1v) is 21.8. The van der Waals surface area contributed by atoms with Gasteiger partial charge in [0.1, 0.15) is 19.1 Å². The molecule has 0 aromatic heterocycles. The first kappa shape index (κ1) is 57.7. The number of hydroxylamine groups is 2. The minimum atomic E-state index is -1.27. The maximum Gasteiger partial charge on any atom is 0.332 e. The number of carbonyl (C=O) groups is 11. The zero-order valence-electron chi connectivity index (χ0n) is 37.9. The molecule has 0 saturated carbocycles. The number of nitrogens with one attached hydrogen (secondary N) is 3. The van der Waals surface area contributed by atoms with Crippen molar-refractivity contribution < 1.29 is 72.9 Å². The Labute approximate surface area is 384 Å². The van der Waals surface area contributed by atoms with Crippen LogP contribution in [0.2, 0.25) is 0 Å². The molecule has 1 aromatic rings. The lowest BCUT2D eigenvalue weighted by atomic mass is 10.1. The largest absolute Gasteiger partial charge is 0.480 e. The monoisotopic (exact) mass is 934 g/mol. The number of rotatable bonds is 37. The van der Waals surface area contributed by atoms with E-state index >= 15 is 0 Å². The number of aliphatic carboxylic acids is 3. The third kappa shape index (κ3) is 28.5. The third-order valence-electron chi connectivity index (χ3n) is 9.69. The number of amides is 5. The van der Waals surface area contributed by atoms with E-state index in [1.165, 1.54) is 16.8 Å². The second-order valence-electron chi connectivity index (χ2n) is 15.4. The summed E-state index contributed by atoms with van der Waals surface area (Å²) in [6, 6.07) is 7.05. The summed E-state index contributed by atoms with van der Waals surface area (Å²) in [4.78, 5) is 141. The van der Waals surface area contributed by atoms with Gasteiger partial charge in [0.2, 0.25) is 17.7 Å². The van der Waals surface area contributed by atoms with Gasteiger partial charge >= 0.3 is 23.9 Å². The van der Waals surface area contributed by atoms with Crippen molar-refractivity contribution in [3.63, 3.8) is 0 Å². The lowest BCUT2D eigenvalue weighted by molar-refractivity contribution is -0.192. The van der Waals surface area contributed by atoms with Gasteiger partial charge in [-0.1, -0.05) is 17.7 Å². The van der Waals surface area contributed by atoms with Crippen LogP contribution in [0.5, 0.6) is 0 Å². The van der Waals surface area contributed by atoms with Crippen LogP contribution >= 0.6 is 0 Å². The number of aldehydes is 2. The maximum absolute atomic E-state index is 13.3. The Morgan fingerprint density at radius 3 is 1.74 bits per heavy atom. The molecular weight excluding hydrogens is 869 g/mol. The van der Waals surface area contributed by atoms with Gasteiger partial charge in [-0.05, 0) is 57.6 Å². The fourth-order valence-corrected chi connectivity index (χ4v) is 6.24. The number of carboxylic acid groups (broad SMARTS) is 3. The minimum absolute atomic E-state index is 0.00289. The number of nitrogens with zero attached hydrogens (tertiary/aromatic N) is 5. The number of hydrogen-bond acceptors (Lipinski definition) is 15. The van der Waals surface area contributed by atoms with Crippen molar-refractivity contribution in [1.82, 2.24) is 40.6 Å². The predicted octanol–water partition coefficient (Wildman–Crippen LogP) is -0.839. The number of carboxylic acids is 3. The van der Waals surface area contributed by atoms with Crippen molar-refractivity contribution in [2.24, 2.45) is 0 Å². The van der Waals surface area contributed by atoms with E-state index in [0.717, 1.165) is 15.5 Å². The Balaban J connectivity index is 2.54. The average molecular weight is 935 g/mol.